The first-order valence-electron chi connectivity index (χ1n) is 9.37. The van der Waals surface area contributed by atoms with Crippen LogP contribution in [0.2, 0.25) is 0 Å². The minimum absolute atomic E-state index is 0.378. The largest absolute Gasteiger partial charge is 0.397 e. The highest BCUT2D eigenvalue weighted by atomic mass is 14.9. The van der Waals surface area contributed by atoms with E-state index in [0.717, 1.165) is 38.5 Å². The van der Waals surface area contributed by atoms with E-state index in [9.17, 15) is 0 Å². The van der Waals surface area contributed by atoms with Gasteiger partial charge in [0, 0.05) is 27.2 Å². The average molecular weight is 377 g/mol. The zero-order chi connectivity index (χ0) is 19.8. The first-order valence-corrected chi connectivity index (χ1v) is 9.37. The quantitative estimate of drug-likeness (QED) is 0.408. The number of rotatable bonds is 3. The number of aromatic nitrogens is 1. The van der Waals surface area contributed by atoms with Crippen molar-refractivity contribution < 1.29 is 0 Å². The lowest BCUT2D eigenvalue weighted by atomic mass is 10.1. The molecule has 1 aromatic heterocycles. The third-order valence-electron chi connectivity index (χ3n) is 4.94. The number of benzene rings is 3. The Balaban J connectivity index is 1.66. The Kier molecular flexibility index (Phi) is 3.99. The van der Waals surface area contributed by atoms with Crippen LogP contribution >= 0.6 is 0 Å². The second kappa shape index (κ2) is 6.80. The van der Waals surface area contributed by atoms with E-state index in [-0.39, 0.29) is 0 Å². The number of nitrogens with zero attached hydrogens (tertiary/aromatic N) is 1. The molecule has 0 amide bonds. The maximum atomic E-state index is 8.36. The van der Waals surface area contributed by atoms with Gasteiger partial charge in [0.15, 0.2) is 0 Å². The van der Waals surface area contributed by atoms with E-state index >= 15 is 0 Å². The van der Waals surface area contributed by atoms with E-state index in [4.69, 9.17) is 11.1 Å². The monoisotopic (exact) mass is 377 g/mol. The predicted octanol–water partition coefficient (Wildman–Crippen LogP) is 3.86. The average Bonchev–Trinajstić information content (AvgIpc) is 3.06. The third-order valence-corrected chi connectivity index (χ3v) is 4.94. The molecule has 0 aliphatic heterocycles. The summed E-state index contributed by atoms with van der Waals surface area (Å²) >= 11 is 0. The van der Waals surface area contributed by atoms with Crippen LogP contribution in [0.3, 0.4) is 0 Å². The van der Waals surface area contributed by atoms with Gasteiger partial charge < -0.3 is 16.0 Å². The summed E-state index contributed by atoms with van der Waals surface area (Å²) in [5.41, 5.74) is 11.6. The lowest BCUT2D eigenvalue weighted by Crippen LogP contribution is -2.32. The van der Waals surface area contributed by atoms with Gasteiger partial charge in [-0.3, -0.25) is 5.41 Å². The van der Waals surface area contributed by atoms with E-state index in [1.807, 2.05) is 84.9 Å². The number of aliphatic imine (C=N–C) groups is 1. The number of H-pyrrole nitrogens is 1. The van der Waals surface area contributed by atoms with Gasteiger partial charge in [0.05, 0.1) is 28.5 Å². The van der Waals surface area contributed by atoms with E-state index < -0.39 is 0 Å². The first kappa shape index (κ1) is 17.0. The Morgan fingerprint density at radius 3 is 2.38 bits per heavy atom. The summed E-state index contributed by atoms with van der Waals surface area (Å²) in [5.74, 6) is 0. The summed E-state index contributed by atoms with van der Waals surface area (Å²) in [6, 6.07) is 23.6. The van der Waals surface area contributed by atoms with Gasteiger partial charge in [0.2, 0.25) is 0 Å². The van der Waals surface area contributed by atoms with Crippen molar-refractivity contribution in [1.29, 1.82) is 5.41 Å². The summed E-state index contributed by atoms with van der Waals surface area (Å²) in [5, 5.41) is 14.7. The van der Waals surface area contributed by atoms with Crippen molar-refractivity contribution in [1.82, 2.24) is 4.98 Å². The lowest BCUT2D eigenvalue weighted by Gasteiger charge is -2.09. The molecule has 0 spiro atoms. The highest BCUT2D eigenvalue weighted by Crippen LogP contribution is 2.26. The summed E-state index contributed by atoms with van der Waals surface area (Å²) < 4.78 is 0. The normalized spacial score (nSPS) is 14.3. The lowest BCUT2D eigenvalue weighted by molar-refractivity contribution is 1.36. The van der Waals surface area contributed by atoms with Crippen molar-refractivity contribution in [2.45, 2.75) is 0 Å². The van der Waals surface area contributed by atoms with Crippen molar-refractivity contribution in [2.24, 2.45) is 4.99 Å². The second-order valence-electron chi connectivity index (χ2n) is 6.96. The molecule has 0 bridgehead atoms. The predicted molar refractivity (Wildman–Crippen MR) is 122 cm³/mol. The van der Waals surface area contributed by atoms with Gasteiger partial charge in [-0.05, 0) is 48.6 Å². The number of hydrogen-bond acceptors (Lipinski definition) is 4. The van der Waals surface area contributed by atoms with Gasteiger partial charge in [0.25, 0.3) is 0 Å². The van der Waals surface area contributed by atoms with Crippen molar-refractivity contribution in [2.75, 3.05) is 11.1 Å². The molecule has 5 rings (SSSR count). The fraction of sp³-hybridized carbons (Fsp3) is 0. The van der Waals surface area contributed by atoms with Crippen LogP contribution in [0.15, 0.2) is 77.8 Å². The standard InChI is InChI=1S/C24H19N5/c25-19-13-21-17(11-23(19)27-15-7-3-1-4-8-15)18-12-24(20(26)14-22(18)29-21)28-16-9-5-2-6-10-16/h1-14,25,28-29H,26H2. The number of anilines is 3. The van der Waals surface area contributed by atoms with Crippen molar-refractivity contribution in [3.05, 3.63) is 83.4 Å². The summed E-state index contributed by atoms with van der Waals surface area (Å²) in [4.78, 5) is 8.02. The maximum Gasteiger partial charge on any atom is 0.0893 e. The van der Waals surface area contributed by atoms with Gasteiger partial charge >= 0.3 is 0 Å². The Morgan fingerprint density at radius 1 is 0.897 bits per heavy atom. The Morgan fingerprint density at radius 2 is 1.62 bits per heavy atom. The molecule has 140 valence electrons. The Bertz CT molecular complexity index is 1380. The smallest absolute Gasteiger partial charge is 0.0893 e. The number of fused-ring (bicyclic) bond motifs is 3. The maximum absolute atomic E-state index is 8.36. The van der Waals surface area contributed by atoms with Crippen molar-refractivity contribution in [3.8, 4) is 0 Å². The number of nitrogen functional groups attached to an aromatic ring is 1. The summed E-state index contributed by atoms with van der Waals surface area (Å²) in [6.45, 7) is 0. The van der Waals surface area contributed by atoms with Crippen LogP contribution in [0.1, 0.15) is 0 Å². The SMILES string of the molecule is N=C1C=c2[nH]c3cc(N)c(Nc4ccccc4)cc3c2=CC1=Nc1ccccc1. The molecule has 0 fully saturated rings. The molecule has 5 heteroatoms. The molecule has 0 saturated heterocycles. The molecule has 4 aromatic rings. The summed E-state index contributed by atoms with van der Waals surface area (Å²) in [6.07, 6.45) is 3.78. The number of nitrogens with two attached hydrogens (primary N) is 1. The van der Waals surface area contributed by atoms with Crippen LogP contribution in [0, 0.1) is 5.41 Å². The first-order chi connectivity index (χ1) is 14.2. The molecule has 1 aliphatic rings. The second-order valence-corrected chi connectivity index (χ2v) is 6.96. The van der Waals surface area contributed by atoms with Crippen LogP contribution in [0.25, 0.3) is 23.1 Å². The molecule has 0 unspecified atom stereocenters. The van der Waals surface area contributed by atoms with Gasteiger partial charge in [-0.1, -0.05) is 36.4 Å². The minimum Gasteiger partial charge on any atom is -0.397 e. The topological polar surface area (TPSA) is 90.0 Å². The molecule has 29 heavy (non-hydrogen) atoms. The zero-order valence-corrected chi connectivity index (χ0v) is 15.6. The number of hydrogen-bond donors (Lipinski definition) is 4. The van der Waals surface area contributed by atoms with Crippen molar-refractivity contribution in [3.63, 3.8) is 0 Å². The van der Waals surface area contributed by atoms with Crippen LogP contribution in [0.5, 0.6) is 0 Å². The van der Waals surface area contributed by atoms with Crippen LogP contribution in [-0.4, -0.2) is 16.4 Å². The summed E-state index contributed by atoms with van der Waals surface area (Å²) in [7, 11) is 0. The highest BCUT2D eigenvalue weighted by molar-refractivity contribution is 6.61. The van der Waals surface area contributed by atoms with Crippen LogP contribution in [-0.2, 0) is 0 Å². The van der Waals surface area contributed by atoms with E-state index in [2.05, 4.69) is 15.3 Å². The fourth-order valence-corrected chi connectivity index (χ4v) is 3.52. The molecule has 0 radical (unpaired) electrons. The molecule has 3 aromatic carbocycles. The third kappa shape index (κ3) is 3.19. The van der Waals surface area contributed by atoms with Crippen molar-refractivity contribution >= 4 is 57.2 Å². The molecule has 0 atom stereocenters. The molecule has 1 aliphatic carbocycles. The number of nitrogens with one attached hydrogen (secondary N) is 3. The van der Waals surface area contributed by atoms with E-state index in [1.54, 1.807) is 0 Å². The Hall–Kier alpha value is -4.12. The van der Waals surface area contributed by atoms with Crippen LogP contribution in [0.4, 0.5) is 22.7 Å². The minimum atomic E-state index is 0.378. The van der Waals surface area contributed by atoms with Crippen LogP contribution < -0.4 is 21.6 Å². The van der Waals surface area contributed by atoms with Gasteiger partial charge in [0.1, 0.15) is 0 Å². The fourth-order valence-electron chi connectivity index (χ4n) is 3.52. The van der Waals surface area contributed by atoms with Gasteiger partial charge in [-0.2, -0.15) is 0 Å². The molecular formula is C24H19N5. The highest BCUT2D eigenvalue weighted by Gasteiger charge is 2.13. The van der Waals surface area contributed by atoms with E-state index in [0.29, 0.717) is 17.1 Å². The molecular weight excluding hydrogens is 358 g/mol. The molecule has 0 saturated carbocycles. The van der Waals surface area contributed by atoms with E-state index in [1.165, 1.54) is 0 Å². The molecule has 5 nitrogen and oxygen atoms in total. The Labute approximate surface area is 167 Å². The zero-order valence-electron chi connectivity index (χ0n) is 15.6. The number of para-hydroxylation sites is 2. The van der Waals surface area contributed by atoms with Gasteiger partial charge in [-0.25, -0.2) is 4.99 Å². The molecule has 1 heterocycles. The number of aromatic amines is 1. The molecule has 5 N–H and O–H groups in total. The van der Waals surface area contributed by atoms with Gasteiger partial charge in [-0.15, -0.1) is 0 Å².